The van der Waals surface area contributed by atoms with Crippen LogP contribution in [0.25, 0.3) is 0 Å². The molecule has 0 unspecified atom stereocenters. The van der Waals surface area contributed by atoms with Gasteiger partial charge in [0.05, 0.1) is 0 Å². The predicted molar refractivity (Wildman–Crippen MR) is 82.5 cm³/mol. The predicted octanol–water partition coefficient (Wildman–Crippen LogP) is 4.82. The van der Waals surface area contributed by atoms with Crippen LogP contribution in [0.4, 0.5) is 11.4 Å². The Bertz CT molecular complexity index is 592. The zero-order valence-electron chi connectivity index (χ0n) is 11.2. The van der Waals surface area contributed by atoms with Crippen molar-refractivity contribution in [2.45, 2.75) is 25.6 Å². The van der Waals surface area contributed by atoms with Gasteiger partial charge in [0.2, 0.25) is 0 Å². The molecular weight excluding hydrogens is 254 g/mol. The second-order valence-corrected chi connectivity index (χ2v) is 5.42. The van der Waals surface area contributed by atoms with Crippen LogP contribution in [0.3, 0.4) is 0 Å². The molecule has 0 N–H and O–H groups in total. The number of aryl methyl sites for hydroxylation is 2. The average molecular weight is 272 g/mol. The van der Waals surface area contributed by atoms with E-state index >= 15 is 0 Å². The van der Waals surface area contributed by atoms with E-state index in [-0.39, 0.29) is 0 Å². The molecule has 0 atom stereocenters. The second-order valence-electron chi connectivity index (χ2n) is 5.15. The van der Waals surface area contributed by atoms with E-state index in [1.165, 1.54) is 40.9 Å². The van der Waals surface area contributed by atoms with Crippen LogP contribution in [0.2, 0.25) is 0 Å². The normalized spacial score (nSPS) is 14.3. The van der Waals surface area contributed by atoms with Crippen LogP contribution in [0.5, 0.6) is 0 Å². The molecule has 1 heterocycles. The third-order valence-electron chi connectivity index (χ3n) is 3.78. The van der Waals surface area contributed by atoms with E-state index < -0.39 is 0 Å². The van der Waals surface area contributed by atoms with Gasteiger partial charge in [-0.05, 0) is 43.0 Å². The van der Waals surface area contributed by atoms with E-state index in [2.05, 4.69) is 54.3 Å². The lowest BCUT2D eigenvalue weighted by atomic mass is 9.98. The summed E-state index contributed by atoms with van der Waals surface area (Å²) in [6, 6.07) is 15.2. The number of hydrogen-bond donors (Lipinski definition) is 0. The monoisotopic (exact) mass is 271 g/mol. The van der Waals surface area contributed by atoms with E-state index in [1.807, 2.05) is 0 Å². The van der Waals surface area contributed by atoms with Crippen LogP contribution >= 0.6 is 11.6 Å². The molecular formula is C17H18ClN. The Morgan fingerprint density at radius 1 is 1.11 bits per heavy atom. The molecule has 19 heavy (non-hydrogen) atoms. The standard InChI is InChI=1S/C17H18ClN/c1-13-8-9-17-14(11-13)6-4-10-19(17)16-7-3-2-5-15(16)12-18/h2-3,5,7-9,11H,4,6,10,12H2,1H3. The van der Waals surface area contributed by atoms with Gasteiger partial charge in [-0.2, -0.15) is 0 Å². The van der Waals surface area contributed by atoms with E-state index in [1.54, 1.807) is 0 Å². The Hall–Kier alpha value is -1.47. The molecule has 98 valence electrons. The number of fused-ring (bicyclic) bond motifs is 1. The average Bonchev–Trinajstić information content (AvgIpc) is 2.46. The Kier molecular flexibility index (Phi) is 3.48. The maximum atomic E-state index is 6.08. The summed E-state index contributed by atoms with van der Waals surface area (Å²) in [7, 11) is 0. The molecule has 0 aliphatic carbocycles. The van der Waals surface area contributed by atoms with Crippen molar-refractivity contribution in [2.24, 2.45) is 0 Å². The quantitative estimate of drug-likeness (QED) is 0.708. The Labute approximate surface area is 119 Å². The van der Waals surface area contributed by atoms with Crippen molar-refractivity contribution in [3.63, 3.8) is 0 Å². The lowest BCUT2D eigenvalue weighted by Gasteiger charge is -2.33. The van der Waals surface area contributed by atoms with Gasteiger partial charge in [0.25, 0.3) is 0 Å². The minimum atomic E-state index is 0.563. The number of alkyl halides is 1. The SMILES string of the molecule is Cc1ccc2c(c1)CCCN2c1ccccc1CCl. The first kappa shape index (κ1) is 12.6. The van der Waals surface area contributed by atoms with Crippen LogP contribution in [-0.2, 0) is 12.3 Å². The minimum absolute atomic E-state index is 0.563. The Morgan fingerprint density at radius 2 is 1.95 bits per heavy atom. The van der Waals surface area contributed by atoms with Gasteiger partial charge in [0.15, 0.2) is 0 Å². The van der Waals surface area contributed by atoms with Gasteiger partial charge in [0, 0.05) is 23.8 Å². The van der Waals surface area contributed by atoms with Gasteiger partial charge in [0.1, 0.15) is 0 Å². The minimum Gasteiger partial charge on any atom is -0.341 e. The fourth-order valence-corrected chi connectivity index (χ4v) is 3.09. The molecule has 0 spiro atoms. The van der Waals surface area contributed by atoms with Crippen molar-refractivity contribution in [1.82, 2.24) is 0 Å². The summed E-state index contributed by atoms with van der Waals surface area (Å²) in [4.78, 5) is 2.41. The topological polar surface area (TPSA) is 3.24 Å². The summed E-state index contributed by atoms with van der Waals surface area (Å²) in [5, 5.41) is 0. The molecule has 1 aliphatic heterocycles. The lowest BCUT2D eigenvalue weighted by Crippen LogP contribution is -2.25. The largest absolute Gasteiger partial charge is 0.341 e. The Morgan fingerprint density at radius 3 is 2.79 bits per heavy atom. The van der Waals surface area contributed by atoms with Gasteiger partial charge >= 0.3 is 0 Å². The maximum absolute atomic E-state index is 6.08. The second kappa shape index (κ2) is 5.26. The summed E-state index contributed by atoms with van der Waals surface area (Å²) >= 11 is 6.08. The highest BCUT2D eigenvalue weighted by Crippen LogP contribution is 2.36. The smallest absolute Gasteiger partial charge is 0.0494 e. The number of halogens is 1. The first-order valence-corrected chi connectivity index (χ1v) is 7.34. The molecule has 0 aromatic heterocycles. The van der Waals surface area contributed by atoms with Gasteiger partial charge in [-0.15, -0.1) is 11.6 Å². The zero-order chi connectivity index (χ0) is 13.2. The molecule has 1 nitrogen and oxygen atoms in total. The highest BCUT2D eigenvalue weighted by atomic mass is 35.5. The summed E-state index contributed by atoms with van der Waals surface area (Å²) in [5.41, 5.74) is 6.59. The van der Waals surface area contributed by atoms with Crippen molar-refractivity contribution in [3.8, 4) is 0 Å². The molecule has 2 aromatic rings. The summed E-state index contributed by atoms with van der Waals surface area (Å²) < 4.78 is 0. The van der Waals surface area contributed by atoms with Gasteiger partial charge in [-0.25, -0.2) is 0 Å². The highest BCUT2D eigenvalue weighted by molar-refractivity contribution is 6.17. The third kappa shape index (κ3) is 2.35. The zero-order valence-corrected chi connectivity index (χ0v) is 12.0. The van der Waals surface area contributed by atoms with Crippen molar-refractivity contribution >= 4 is 23.0 Å². The molecule has 0 radical (unpaired) electrons. The number of hydrogen-bond acceptors (Lipinski definition) is 1. The molecule has 3 rings (SSSR count). The molecule has 1 aliphatic rings. The number of para-hydroxylation sites is 1. The number of nitrogens with zero attached hydrogens (tertiary/aromatic N) is 1. The number of anilines is 2. The molecule has 2 heteroatoms. The number of rotatable bonds is 2. The van der Waals surface area contributed by atoms with E-state index in [0.29, 0.717) is 5.88 Å². The van der Waals surface area contributed by atoms with Crippen molar-refractivity contribution < 1.29 is 0 Å². The molecule has 0 saturated carbocycles. The van der Waals surface area contributed by atoms with Gasteiger partial charge < -0.3 is 4.90 Å². The fourth-order valence-electron chi connectivity index (χ4n) is 2.86. The third-order valence-corrected chi connectivity index (χ3v) is 4.07. The summed E-state index contributed by atoms with van der Waals surface area (Å²) in [5.74, 6) is 0.563. The van der Waals surface area contributed by atoms with Crippen LogP contribution < -0.4 is 4.90 Å². The number of benzene rings is 2. The van der Waals surface area contributed by atoms with E-state index in [0.717, 1.165) is 6.54 Å². The van der Waals surface area contributed by atoms with Crippen LogP contribution in [0, 0.1) is 6.92 Å². The first-order valence-electron chi connectivity index (χ1n) is 6.80. The highest BCUT2D eigenvalue weighted by Gasteiger charge is 2.19. The molecule has 0 saturated heterocycles. The van der Waals surface area contributed by atoms with Crippen LogP contribution in [0.1, 0.15) is 23.1 Å². The fraction of sp³-hybridized carbons (Fsp3) is 0.294. The first-order chi connectivity index (χ1) is 9.29. The maximum Gasteiger partial charge on any atom is 0.0494 e. The van der Waals surface area contributed by atoms with E-state index in [9.17, 15) is 0 Å². The van der Waals surface area contributed by atoms with Crippen LogP contribution in [0.15, 0.2) is 42.5 Å². The van der Waals surface area contributed by atoms with Crippen LogP contribution in [-0.4, -0.2) is 6.54 Å². The summed E-state index contributed by atoms with van der Waals surface area (Å²) in [6.07, 6.45) is 2.38. The van der Waals surface area contributed by atoms with Gasteiger partial charge in [-0.1, -0.05) is 35.9 Å². The summed E-state index contributed by atoms with van der Waals surface area (Å²) in [6.45, 7) is 3.23. The lowest BCUT2D eigenvalue weighted by molar-refractivity contribution is 0.764. The van der Waals surface area contributed by atoms with Crippen molar-refractivity contribution in [1.29, 1.82) is 0 Å². The molecule has 0 amide bonds. The molecule has 0 fully saturated rings. The Balaban J connectivity index is 2.08. The van der Waals surface area contributed by atoms with Gasteiger partial charge in [-0.3, -0.25) is 0 Å². The van der Waals surface area contributed by atoms with E-state index in [4.69, 9.17) is 11.6 Å². The van der Waals surface area contributed by atoms with Crippen molar-refractivity contribution in [2.75, 3.05) is 11.4 Å². The molecule has 0 bridgehead atoms. The van der Waals surface area contributed by atoms with Crippen molar-refractivity contribution in [3.05, 3.63) is 59.2 Å². The molecule has 2 aromatic carbocycles.